The van der Waals surface area contributed by atoms with Gasteiger partial charge in [-0.25, -0.2) is 0 Å². The van der Waals surface area contributed by atoms with E-state index >= 15 is 0 Å². The Bertz CT molecular complexity index is 197. The van der Waals surface area contributed by atoms with Crippen LogP contribution in [0.5, 0.6) is 0 Å². The summed E-state index contributed by atoms with van der Waals surface area (Å²) in [4.78, 5) is 0. The lowest BCUT2D eigenvalue weighted by molar-refractivity contribution is 1.00. The van der Waals surface area contributed by atoms with Gasteiger partial charge in [0, 0.05) is 11.4 Å². The highest BCUT2D eigenvalue weighted by molar-refractivity contribution is 5.20. The van der Waals surface area contributed by atoms with Crippen molar-refractivity contribution in [2.75, 3.05) is 0 Å². The fourth-order valence-electron chi connectivity index (χ4n) is 0.551. The van der Waals surface area contributed by atoms with Crippen molar-refractivity contribution in [3.63, 3.8) is 0 Å². The second kappa shape index (κ2) is 5.54. The summed E-state index contributed by atoms with van der Waals surface area (Å²) in [5.74, 6) is 0. The van der Waals surface area contributed by atoms with Crippen LogP contribution in [0, 0.1) is 0 Å². The normalized spacial score (nSPS) is 11.6. The monoisotopic (exact) mass is 149 g/mol. The van der Waals surface area contributed by atoms with Crippen LogP contribution < -0.4 is 5.32 Å². The van der Waals surface area contributed by atoms with E-state index in [1.165, 1.54) is 0 Å². The predicted octanol–water partition coefficient (Wildman–Crippen LogP) is 2.76. The molecule has 0 aromatic rings. The van der Waals surface area contributed by atoms with Crippen LogP contribution in [-0.4, -0.2) is 0 Å². The van der Waals surface area contributed by atoms with Gasteiger partial charge < -0.3 is 5.32 Å². The number of hydrogen-bond donors (Lipinski definition) is 1. The van der Waals surface area contributed by atoms with E-state index < -0.39 is 0 Å². The van der Waals surface area contributed by atoms with Crippen molar-refractivity contribution >= 4 is 0 Å². The summed E-state index contributed by atoms with van der Waals surface area (Å²) < 4.78 is 0. The largest absolute Gasteiger partial charge is 0.360 e. The molecule has 60 valence electrons. The van der Waals surface area contributed by atoms with Gasteiger partial charge >= 0.3 is 0 Å². The number of nitrogens with one attached hydrogen (secondary N) is 1. The number of hydrogen-bond acceptors (Lipinski definition) is 1. The van der Waals surface area contributed by atoms with Gasteiger partial charge in [0.15, 0.2) is 0 Å². The maximum Gasteiger partial charge on any atom is 0.0308 e. The molecule has 0 rings (SSSR count). The zero-order chi connectivity index (χ0) is 8.69. The molecule has 0 aromatic carbocycles. The molecule has 0 atom stereocenters. The van der Waals surface area contributed by atoms with E-state index in [-0.39, 0.29) is 0 Å². The minimum absolute atomic E-state index is 0.875. The Hall–Kier alpha value is -1.24. The fourth-order valence-corrected chi connectivity index (χ4v) is 0.551. The van der Waals surface area contributed by atoms with Crippen molar-refractivity contribution in [1.82, 2.24) is 5.32 Å². The molecule has 0 unspecified atom stereocenters. The zero-order valence-electron chi connectivity index (χ0n) is 7.22. The Kier molecular flexibility index (Phi) is 4.91. The second-order valence-corrected chi connectivity index (χ2v) is 2.22. The van der Waals surface area contributed by atoms with Gasteiger partial charge in [0.2, 0.25) is 0 Å². The number of allylic oxidation sites excluding steroid dienone is 5. The van der Waals surface area contributed by atoms with Crippen molar-refractivity contribution in [1.29, 1.82) is 0 Å². The summed E-state index contributed by atoms with van der Waals surface area (Å²) in [5, 5.41) is 3.10. The first-order valence-electron chi connectivity index (χ1n) is 3.58. The van der Waals surface area contributed by atoms with Crippen LogP contribution >= 0.6 is 0 Å². The van der Waals surface area contributed by atoms with Crippen LogP contribution in [0.25, 0.3) is 0 Å². The van der Waals surface area contributed by atoms with Crippen molar-refractivity contribution in [2.24, 2.45) is 0 Å². The molecule has 0 aliphatic heterocycles. The molecule has 0 radical (unpaired) electrons. The minimum Gasteiger partial charge on any atom is -0.360 e. The average molecular weight is 149 g/mol. The van der Waals surface area contributed by atoms with Gasteiger partial charge in [-0.15, -0.1) is 0 Å². The molecule has 0 heterocycles. The molecule has 0 saturated carbocycles. The Morgan fingerprint density at radius 1 is 1.45 bits per heavy atom. The molecule has 0 bridgehead atoms. The maximum atomic E-state index is 3.79. The van der Waals surface area contributed by atoms with Crippen LogP contribution in [0.2, 0.25) is 0 Å². The lowest BCUT2D eigenvalue weighted by Gasteiger charge is -2.03. The van der Waals surface area contributed by atoms with Crippen LogP contribution in [0.15, 0.2) is 48.9 Å². The molecule has 0 amide bonds. The standard InChI is InChI=1S/C10H15N/c1-5-7-8-10(4)11-9(3)6-2/h5-8,11H,1,4H2,2-3H3/b8-7-,9-6+. The summed E-state index contributed by atoms with van der Waals surface area (Å²) >= 11 is 0. The summed E-state index contributed by atoms with van der Waals surface area (Å²) in [5.41, 5.74) is 1.98. The third kappa shape index (κ3) is 5.22. The van der Waals surface area contributed by atoms with Gasteiger partial charge in [0.1, 0.15) is 0 Å². The predicted molar refractivity (Wildman–Crippen MR) is 51.0 cm³/mol. The Morgan fingerprint density at radius 3 is 2.55 bits per heavy atom. The first-order valence-corrected chi connectivity index (χ1v) is 3.58. The average Bonchev–Trinajstić information content (AvgIpc) is 2.00. The third-order valence-electron chi connectivity index (χ3n) is 1.22. The van der Waals surface area contributed by atoms with E-state index in [0.29, 0.717) is 0 Å². The molecule has 0 spiro atoms. The van der Waals surface area contributed by atoms with Gasteiger partial charge in [-0.05, 0) is 19.9 Å². The van der Waals surface area contributed by atoms with E-state index in [9.17, 15) is 0 Å². The van der Waals surface area contributed by atoms with Crippen LogP contribution in [0.1, 0.15) is 13.8 Å². The van der Waals surface area contributed by atoms with Crippen molar-refractivity contribution in [2.45, 2.75) is 13.8 Å². The summed E-state index contributed by atoms with van der Waals surface area (Å²) in [6.07, 6.45) is 7.43. The smallest absolute Gasteiger partial charge is 0.0308 e. The molecule has 0 aliphatic rings. The van der Waals surface area contributed by atoms with Crippen LogP contribution in [0.3, 0.4) is 0 Å². The van der Waals surface area contributed by atoms with Gasteiger partial charge in [-0.1, -0.05) is 31.4 Å². The molecule has 11 heavy (non-hydrogen) atoms. The molecule has 0 aromatic heterocycles. The first kappa shape index (κ1) is 9.76. The first-order chi connectivity index (χ1) is 5.20. The Morgan fingerprint density at radius 2 is 2.09 bits per heavy atom. The molecule has 0 fully saturated rings. The maximum absolute atomic E-state index is 3.79. The highest BCUT2D eigenvalue weighted by Crippen LogP contribution is 1.93. The van der Waals surface area contributed by atoms with E-state index in [2.05, 4.69) is 18.5 Å². The highest BCUT2D eigenvalue weighted by atomic mass is 14.9. The fraction of sp³-hybridized carbons (Fsp3) is 0.200. The van der Waals surface area contributed by atoms with E-state index in [1.807, 2.05) is 32.1 Å². The second-order valence-electron chi connectivity index (χ2n) is 2.22. The SMILES string of the molecule is C=C/C=C\C(=C)N/C(C)=C/C. The van der Waals surface area contributed by atoms with E-state index in [4.69, 9.17) is 0 Å². The van der Waals surface area contributed by atoms with Crippen molar-refractivity contribution in [3.05, 3.63) is 48.9 Å². The van der Waals surface area contributed by atoms with Gasteiger partial charge in [-0.2, -0.15) is 0 Å². The quantitative estimate of drug-likeness (QED) is 0.606. The van der Waals surface area contributed by atoms with Gasteiger partial charge in [0.25, 0.3) is 0 Å². The topological polar surface area (TPSA) is 12.0 Å². The summed E-state index contributed by atoms with van der Waals surface area (Å²) in [7, 11) is 0. The Balaban J connectivity index is 3.88. The molecule has 0 aliphatic carbocycles. The van der Waals surface area contributed by atoms with Crippen molar-refractivity contribution in [3.8, 4) is 0 Å². The lowest BCUT2D eigenvalue weighted by Crippen LogP contribution is -2.06. The molecule has 1 nitrogen and oxygen atoms in total. The van der Waals surface area contributed by atoms with Crippen LogP contribution in [-0.2, 0) is 0 Å². The zero-order valence-corrected chi connectivity index (χ0v) is 7.22. The minimum atomic E-state index is 0.875. The van der Waals surface area contributed by atoms with E-state index in [0.717, 1.165) is 11.4 Å². The number of rotatable bonds is 4. The third-order valence-corrected chi connectivity index (χ3v) is 1.22. The van der Waals surface area contributed by atoms with Gasteiger partial charge in [-0.3, -0.25) is 0 Å². The Labute approximate surface area is 68.8 Å². The summed E-state index contributed by atoms with van der Waals surface area (Å²) in [6, 6.07) is 0. The van der Waals surface area contributed by atoms with Crippen LogP contribution in [0.4, 0.5) is 0 Å². The highest BCUT2D eigenvalue weighted by Gasteiger charge is 1.85. The molecule has 1 N–H and O–H groups in total. The lowest BCUT2D eigenvalue weighted by atomic mass is 10.3. The molecule has 1 heteroatoms. The van der Waals surface area contributed by atoms with Gasteiger partial charge in [0.05, 0.1) is 0 Å². The van der Waals surface area contributed by atoms with E-state index in [1.54, 1.807) is 6.08 Å². The van der Waals surface area contributed by atoms with Crippen molar-refractivity contribution < 1.29 is 0 Å². The molecule has 0 saturated heterocycles. The molecular weight excluding hydrogens is 134 g/mol. The summed E-state index contributed by atoms with van der Waals surface area (Å²) in [6.45, 7) is 11.3. The molecular formula is C10H15N.